The first-order valence-electron chi connectivity index (χ1n) is 6.83. The molecular weight excluding hydrogens is 308 g/mol. The van der Waals surface area contributed by atoms with Gasteiger partial charge < -0.3 is 9.47 Å². The van der Waals surface area contributed by atoms with Crippen molar-refractivity contribution in [3.05, 3.63) is 24.3 Å². The van der Waals surface area contributed by atoms with E-state index in [1.54, 1.807) is 0 Å². The van der Waals surface area contributed by atoms with Crippen molar-refractivity contribution in [3.8, 4) is 0 Å². The fourth-order valence-corrected chi connectivity index (χ4v) is 4.05. The molecule has 0 atom stereocenters. The Morgan fingerprint density at radius 2 is 1.95 bits per heavy atom. The van der Waals surface area contributed by atoms with Crippen LogP contribution in [0.4, 0.5) is 10.5 Å². The minimum Gasteiger partial charge on any atom is -0.453 e. The molecule has 122 valence electrons. The number of ether oxygens (including phenoxy) is 2. The van der Waals surface area contributed by atoms with Crippen molar-refractivity contribution in [3.63, 3.8) is 0 Å². The average Bonchev–Trinajstić information content (AvgIpc) is 2.47. The molecule has 1 aliphatic rings. The summed E-state index contributed by atoms with van der Waals surface area (Å²) < 4.78 is 36.8. The van der Waals surface area contributed by atoms with Gasteiger partial charge in [0.1, 0.15) is 0 Å². The number of nitrogens with zero attached hydrogens (tertiary/aromatic N) is 1. The zero-order chi connectivity index (χ0) is 16.4. The van der Waals surface area contributed by atoms with Gasteiger partial charge in [-0.3, -0.25) is 5.32 Å². The number of methoxy groups -OCH3 is 1. The van der Waals surface area contributed by atoms with Crippen molar-refractivity contribution < 1.29 is 22.7 Å². The minimum atomic E-state index is -3.61. The van der Waals surface area contributed by atoms with Gasteiger partial charge in [0.25, 0.3) is 0 Å². The van der Waals surface area contributed by atoms with Gasteiger partial charge in [-0.05, 0) is 38.1 Å². The third-order valence-corrected chi connectivity index (χ3v) is 5.57. The Kier molecular flexibility index (Phi) is 4.74. The smallest absolute Gasteiger partial charge is 0.411 e. The standard InChI is InChI=1S/C14H20N2O5S/c1-14(2)10-21-9-8-16(14)22(18,19)12-6-4-11(5-7-12)15-13(17)20-3/h4-7H,8-10H2,1-3H3,(H,15,17). The number of hydrogen-bond donors (Lipinski definition) is 1. The van der Waals surface area contributed by atoms with Gasteiger partial charge in [0.15, 0.2) is 0 Å². The van der Waals surface area contributed by atoms with E-state index < -0.39 is 21.7 Å². The SMILES string of the molecule is COC(=O)Nc1ccc(S(=O)(=O)N2CCOCC2(C)C)cc1. The molecule has 7 nitrogen and oxygen atoms in total. The van der Waals surface area contributed by atoms with Crippen LogP contribution in [0.15, 0.2) is 29.2 Å². The summed E-state index contributed by atoms with van der Waals surface area (Å²) in [4.78, 5) is 11.3. The number of carbonyl (C=O) groups is 1. The molecule has 0 aliphatic carbocycles. The Hall–Kier alpha value is -1.64. The van der Waals surface area contributed by atoms with Gasteiger partial charge in [-0.15, -0.1) is 0 Å². The summed E-state index contributed by atoms with van der Waals surface area (Å²) in [5.74, 6) is 0. The van der Waals surface area contributed by atoms with E-state index in [-0.39, 0.29) is 4.90 Å². The molecule has 1 heterocycles. The van der Waals surface area contributed by atoms with Crippen LogP contribution in [0.5, 0.6) is 0 Å². The molecule has 8 heteroatoms. The van der Waals surface area contributed by atoms with Crippen LogP contribution in [-0.4, -0.2) is 51.2 Å². The fourth-order valence-electron chi connectivity index (χ4n) is 2.30. The normalized spacial score (nSPS) is 18.7. The molecule has 1 aromatic carbocycles. The van der Waals surface area contributed by atoms with E-state index in [1.165, 1.54) is 35.7 Å². The average molecular weight is 328 g/mol. The van der Waals surface area contributed by atoms with E-state index in [1.807, 2.05) is 13.8 Å². The summed E-state index contributed by atoms with van der Waals surface area (Å²) in [6.45, 7) is 4.71. The monoisotopic (exact) mass is 328 g/mol. The molecule has 0 bridgehead atoms. The van der Waals surface area contributed by atoms with Crippen LogP contribution in [0.1, 0.15) is 13.8 Å². The van der Waals surface area contributed by atoms with E-state index in [2.05, 4.69) is 10.1 Å². The molecule has 0 aromatic heterocycles. The van der Waals surface area contributed by atoms with Crippen LogP contribution in [0.3, 0.4) is 0 Å². The summed E-state index contributed by atoms with van der Waals surface area (Å²) in [5.41, 5.74) is -0.132. The van der Waals surface area contributed by atoms with Crippen LogP contribution < -0.4 is 5.32 Å². The van der Waals surface area contributed by atoms with Crippen LogP contribution in [0.25, 0.3) is 0 Å². The maximum atomic E-state index is 12.8. The third kappa shape index (κ3) is 3.40. The Morgan fingerprint density at radius 3 is 2.50 bits per heavy atom. The number of rotatable bonds is 3. The minimum absolute atomic E-state index is 0.179. The molecule has 1 N–H and O–H groups in total. The Labute approximate surface area is 130 Å². The van der Waals surface area contributed by atoms with E-state index in [4.69, 9.17) is 4.74 Å². The molecule has 2 rings (SSSR count). The van der Waals surface area contributed by atoms with Crippen LogP contribution in [0, 0.1) is 0 Å². The van der Waals surface area contributed by atoms with Crippen molar-refractivity contribution in [2.75, 3.05) is 32.2 Å². The number of hydrogen-bond acceptors (Lipinski definition) is 5. The predicted octanol–water partition coefficient (Wildman–Crippen LogP) is 1.66. The topological polar surface area (TPSA) is 84.9 Å². The highest BCUT2D eigenvalue weighted by molar-refractivity contribution is 7.89. The number of benzene rings is 1. The van der Waals surface area contributed by atoms with Gasteiger partial charge in [-0.1, -0.05) is 0 Å². The van der Waals surface area contributed by atoms with Gasteiger partial charge >= 0.3 is 6.09 Å². The Bertz CT molecular complexity index is 640. The van der Waals surface area contributed by atoms with Crippen molar-refractivity contribution in [1.82, 2.24) is 4.31 Å². The molecule has 0 spiro atoms. The van der Waals surface area contributed by atoms with E-state index in [9.17, 15) is 13.2 Å². The zero-order valence-electron chi connectivity index (χ0n) is 12.8. The molecule has 0 unspecified atom stereocenters. The number of sulfonamides is 1. The lowest BCUT2D eigenvalue weighted by Crippen LogP contribution is -2.55. The van der Waals surface area contributed by atoms with Crippen molar-refractivity contribution in [2.45, 2.75) is 24.3 Å². The van der Waals surface area contributed by atoms with E-state index >= 15 is 0 Å². The van der Waals surface area contributed by atoms with Crippen molar-refractivity contribution in [1.29, 1.82) is 0 Å². The molecule has 1 amide bonds. The summed E-state index contributed by atoms with van der Waals surface area (Å²) >= 11 is 0. The number of carbonyl (C=O) groups excluding carboxylic acids is 1. The molecule has 1 aromatic rings. The molecule has 0 saturated carbocycles. The van der Waals surface area contributed by atoms with Gasteiger partial charge in [0.2, 0.25) is 10.0 Å². The fraction of sp³-hybridized carbons (Fsp3) is 0.500. The van der Waals surface area contributed by atoms with Crippen LogP contribution in [0.2, 0.25) is 0 Å². The first-order chi connectivity index (χ1) is 10.3. The lowest BCUT2D eigenvalue weighted by Gasteiger charge is -2.40. The lowest BCUT2D eigenvalue weighted by molar-refractivity contribution is -0.00770. The highest BCUT2D eigenvalue weighted by atomic mass is 32.2. The Balaban J connectivity index is 2.24. The number of amides is 1. The van der Waals surface area contributed by atoms with Crippen LogP contribution in [-0.2, 0) is 19.5 Å². The molecule has 1 fully saturated rings. The summed E-state index contributed by atoms with van der Waals surface area (Å²) in [6, 6.07) is 5.98. The molecule has 1 saturated heterocycles. The quantitative estimate of drug-likeness (QED) is 0.912. The zero-order valence-corrected chi connectivity index (χ0v) is 13.6. The second-order valence-electron chi connectivity index (χ2n) is 5.58. The predicted molar refractivity (Wildman–Crippen MR) is 81.3 cm³/mol. The van der Waals surface area contributed by atoms with Gasteiger partial charge in [-0.2, -0.15) is 4.31 Å². The lowest BCUT2D eigenvalue weighted by atomic mass is 10.1. The Morgan fingerprint density at radius 1 is 1.32 bits per heavy atom. The van der Waals surface area contributed by atoms with Gasteiger partial charge in [0, 0.05) is 12.2 Å². The maximum Gasteiger partial charge on any atom is 0.411 e. The van der Waals surface area contributed by atoms with Gasteiger partial charge in [0.05, 0.1) is 30.8 Å². The van der Waals surface area contributed by atoms with Crippen molar-refractivity contribution >= 4 is 21.8 Å². The highest BCUT2D eigenvalue weighted by Gasteiger charge is 2.39. The number of morpholine rings is 1. The molecular formula is C14H20N2O5S. The largest absolute Gasteiger partial charge is 0.453 e. The first-order valence-corrected chi connectivity index (χ1v) is 8.27. The number of nitrogens with one attached hydrogen (secondary N) is 1. The summed E-state index contributed by atoms with van der Waals surface area (Å²) in [7, 11) is -2.35. The molecule has 0 radical (unpaired) electrons. The van der Waals surface area contributed by atoms with Crippen LogP contribution >= 0.6 is 0 Å². The van der Waals surface area contributed by atoms with E-state index in [0.717, 1.165) is 0 Å². The first kappa shape index (κ1) is 16.7. The molecule has 22 heavy (non-hydrogen) atoms. The summed E-state index contributed by atoms with van der Waals surface area (Å²) in [6.07, 6.45) is -0.607. The second kappa shape index (κ2) is 6.23. The highest BCUT2D eigenvalue weighted by Crippen LogP contribution is 2.28. The maximum absolute atomic E-state index is 12.8. The molecule has 1 aliphatic heterocycles. The number of anilines is 1. The van der Waals surface area contributed by atoms with E-state index in [0.29, 0.717) is 25.4 Å². The van der Waals surface area contributed by atoms with Crippen molar-refractivity contribution in [2.24, 2.45) is 0 Å². The third-order valence-electron chi connectivity index (χ3n) is 3.44. The van der Waals surface area contributed by atoms with Gasteiger partial charge in [-0.25, -0.2) is 13.2 Å². The summed E-state index contributed by atoms with van der Waals surface area (Å²) in [5, 5.41) is 2.48. The second-order valence-corrected chi connectivity index (χ2v) is 7.45.